The lowest BCUT2D eigenvalue weighted by molar-refractivity contribution is -0.128. The molecule has 2 saturated carbocycles. The second-order valence-corrected chi connectivity index (χ2v) is 3.24. The van der Waals surface area contributed by atoms with Crippen LogP contribution in [0.3, 0.4) is 0 Å². The summed E-state index contributed by atoms with van der Waals surface area (Å²) in [5.41, 5.74) is -1.78. The molecule has 2 rings (SSSR count). The summed E-state index contributed by atoms with van der Waals surface area (Å²) in [6.45, 7) is 0. The molecule has 2 bridgehead atoms. The van der Waals surface area contributed by atoms with Gasteiger partial charge in [0.25, 0.3) is 0 Å². The monoisotopic (exact) mass is 146 g/mol. The number of carbonyl (C=O) groups is 1. The Bertz CT molecular complexity index is 192. The largest absolute Gasteiger partial charge is 0.296 e. The van der Waals surface area contributed by atoms with Crippen molar-refractivity contribution in [3.8, 4) is 0 Å². The number of carbonyl (C=O) groups excluding carboxylic acids is 1. The van der Waals surface area contributed by atoms with Crippen molar-refractivity contribution in [2.45, 2.75) is 31.1 Å². The van der Waals surface area contributed by atoms with Gasteiger partial charge in [0.15, 0.2) is 12.0 Å². The lowest BCUT2D eigenvalue weighted by Gasteiger charge is -2.18. The first-order valence-electron chi connectivity index (χ1n) is 3.50. The molecule has 3 atom stereocenters. The molecular weight excluding hydrogens is 138 g/mol. The number of ketones is 1. The van der Waals surface area contributed by atoms with Crippen LogP contribution in [0, 0.1) is 5.92 Å². The molecule has 3 unspecified atom stereocenters. The first kappa shape index (κ1) is 6.25. The third kappa shape index (κ3) is 0.534. The highest BCUT2D eigenvalue weighted by atomic mass is 19.2. The molecule has 0 saturated heterocycles. The van der Waals surface area contributed by atoms with Gasteiger partial charge in [-0.15, -0.1) is 0 Å². The smallest absolute Gasteiger partial charge is 0.192 e. The van der Waals surface area contributed by atoms with E-state index in [4.69, 9.17) is 0 Å². The minimum atomic E-state index is -1.81. The lowest BCUT2D eigenvalue weighted by Crippen LogP contribution is -2.34. The molecule has 0 aliphatic heterocycles. The Labute approximate surface area is 57.4 Å². The normalized spacial score (nSPS) is 52.4. The summed E-state index contributed by atoms with van der Waals surface area (Å²) in [6, 6.07) is 0. The number of hydrogen-bond donors (Lipinski definition) is 0. The Morgan fingerprint density at radius 2 is 2.30 bits per heavy atom. The predicted octanol–water partition coefficient (Wildman–Crippen LogP) is 1.42. The van der Waals surface area contributed by atoms with Crippen LogP contribution >= 0.6 is 0 Å². The first-order chi connectivity index (χ1) is 4.63. The Morgan fingerprint density at radius 3 is 2.60 bits per heavy atom. The fourth-order valence-corrected chi connectivity index (χ4v) is 1.96. The van der Waals surface area contributed by atoms with E-state index < -0.39 is 17.6 Å². The summed E-state index contributed by atoms with van der Waals surface area (Å²) >= 11 is 0. The van der Waals surface area contributed by atoms with Crippen molar-refractivity contribution in [2.24, 2.45) is 5.92 Å². The van der Waals surface area contributed by atoms with Gasteiger partial charge in [0.2, 0.25) is 0 Å². The molecule has 0 aromatic carbocycles. The zero-order valence-corrected chi connectivity index (χ0v) is 5.44. The molecule has 56 valence electrons. The van der Waals surface area contributed by atoms with Crippen LogP contribution in [-0.4, -0.2) is 17.6 Å². The standard InChI is InChI=1S/C7H8F2O/c8-6-5(10)4-1-2-7(6,9)3-4/h4,6H,1-3H2. The highest BCUT2D eigenvalue weighted by Gasteiger charge is 2.59. The van der Waals surface area contributed by atoms with E-state index >= 15 is 0 Å². The third-order valence-corrected chi connectivity index (χ3v) is 2.60. The molecule has 0 spiro atoms. The van der Waals surface area contributed by atoms with Gasteiger partial charge in [0, 0.05) is 5.92 Å². The van der Waals surface area contributed by atoms with E-state index in [1.54, 1.807) is 0 Å². The Kier molecular flexibility index (Phi) is 0.984. The van der Waals surface area contributed by atoms with Crippen molar-refractivity contribution in [2.75, 3.05) is 0 Å². The number of halogens is 2. The van der Waals surface area contributed by atoms with Gasteiger partial charge in [-0.25, -0.2) is 8.78 Å². The van der Waals surface area contributed by atoms with E-state index in [9.17, 15) is 13.6 Å². The van der Waals surface area contributed by atoms with E-state index in [1.807, 2.05) is 0 Å². The number of fused-ring (bicyclic) bond motifs is 2. The van der Waals surface area contributed by atoms with Gasteiger partial charge in [-0.3, -0.25) is 4.79 Å². The Balaban J connectivity index is 2.34. The van der Waals surface area contributed by atoms with Crippen LogP contribution in [0.2, 0.25) is 0 Å². The van der Waals surface area contributed by atoms with Crippen molar-refractivity contribution in [3.05, 3.63) is 0 Å². The average Bonchev–Trinajstić information content (AvgIpc) is 2.35. The number of hydrogen-bond acceptors (Lipinski definition) is 1. The molecule has 1 nitrogen and oxygen atoms in total. The van der Waals surface area contributed by atoms with Gasteiger partial charge >= 0.3 is 0 Å². The molecule has 0 N–H and O–H groups in total. The first-order valence-corrected chi connectivity index (χ1v) is 3.50. The van der Waals surface area contributed by atoms with Crippen LogP contribution in [0.25, 0.3) is 0 Å². The van der Waals surface area contributed by atoms with Crippen LogP contribution in [0.1, 0.15) is 19.3 Å². The molecule has 2 aliphatic carbocycles. The summed E-state index contributed by atoms with van der Waals surface area (Å²) in [5, 5.41) is 0. The summed E-state index contributed by atoms with van der Waals surface area (Å²) in [6.07, 6.45) is -0.890. The van der Waals surface area contributed by atoms with Gasteiger partial charge < -0.3 is 0 Å². The van der Waals surface area contributed by atoms with Crippen molar-refractivity contribution in [1.29, 1.82) is 0 Å². The van der Waals surface area contributed by atoms with Crippen molar-refractivity contribution in [3.63, 3.8) is 0 Å². The summed E-state index contributed by atoms with van der Waals surface area (Å²) in [5.74, 6) is -0.811. The SMILES string of the molecule is O=C1C2CCC(F)(C2)C1F. The molecule has 10 heavy (non-hydrogen) atoms. The van der Waals surface area contributed by atoms with Crippen LogP contribution in [-0.2, 0) is 4.79 Å². The lowest BCUT2D eigenvalue weighted by atomic mass is 9.96. The number of rotatable bonds is 0. The fraction of sp³-hybridized carbons (Fsp3) is 0.857. The highest BCUT2D eigenvalue weighted by Crippen LogP contribution is 2.49. The summed E-state index contributed by atoms with van der Waals surface area (Å²) in [7, 11) is 0. The van der Waals surface area contributed by atoms with E-state index in [0.29, 0.717) is 6.42 Å². The van der Waals surface area contributed by atoms with Crippen LogP contribution < -0.4 is 0 Å². The molecule has 0 heterocycles. The van der Waals surface area contributed by atoms with Gasteiger partial charge in [-0.05, 0) is 19.3 Å². The highest BCUT2D eigenvalue weighted by molar-refractivity contribution is 5.90. The molecule has 0 radical (unpaired) electrons. The zero-order chi connectivity index (χ0) is 7.35. The second-order valence-electron chi connectivity index (χ2n) is 3.24. The van der Waals surface area contributed by atoms with Crippen molar-refractivity contribution < 1.29 is 13.6 Å². The van der Waals surface area contributed by atoms with E-state index in [0.717, 1.165) is 0 Å². The van der Waals surface area contributed by atoms with Gasteiger partial charge in [0.05, 0.1) is 0 Å². The minimum Gasteiger partial charge on any atom is -0.296 e. The molecular formula is C7H8F2O. The minimum absolute atomic E-state index is 0.132. The van der Waals surface area contributed by atoms with Gasteiger partial charge in [-0.1, -0.05) is 0 Å². The maximum atomic E-state index is 13.1. The Morgan fingerprint density at radius 1 is 1.60 bits per heavy atom. The van der Waals surface area contributed by atoms with Crippen LogP contribution in [0.4, 0.5) is 8.78 Å². The zero-order valence-electron chi connectivity index (χ0n) is 5.44. The molecule has 3 heteroatoms. The number of Topliss-reactive ketones (excluding diaryl/α,β-unsaturated/α-hetero) is 1. The summed E-state index contributed by atoms with van der Waals surface area (Å²) < 4.78 is 25.8. The third-order valence-electron chi connectivity index (χ3n) is 2.60. The van der Waals surface area contributed by atoms with Gasteiger partial charge in [0.1, 0.15) is 5.67 Å². The maximum absolute atomic E-state index is 13.1. The Hall–Kier alpha value is -0.470. The maximum Gasteiger partial charge on any atom is 0.192 e. The quantitative estimate of drug-likeness (QED) is 0.505. The van der Waals surface area contributed by atoms with E-state index in [2.05, 4.69) is 0 Å². The molecule has 0 amide bonds. The fourth-order valence-electron chi connectivity index (χ4n) is 1.96. The van der Waals surface area contributed by atoms with Gasteiger partial charge in [-0.2, -0.15) is 0 Å². The average molecular weight is 146 g/mol. The molecule has 0 aromatic heterocycles. The topological polar surface area (TPSA) is 17.1 Å². The van der Waals surface area contributed by atoms with Crippen LogP contribution in [0.15, 0.2) is 0 Å². The van der Waals surface area contributed by atoms with E-state index in [1.165, 1.54) is 0 Å². The summed E-state index contributed by atoms with van der Waals surface area (Å²) in [4.78, 5) is 10.8. The molecule has 0 aromatic rings. The van der Waals surface area contributed by atoms with Crippen LogP contribution in [0.5, 0.6) is 0 Å². The molecule has 2 aliphatic rings. The van der Waals surface area contributed by atoms with E-state index in [-0.39, 0.29) is 18.8 Å². The second kappa shape index (κ2) is 1.57. The molecule has 2 fully saturated rings. The predicted molar refractivity (Wildman–Crippen MR) is 31.1 cm³/mol. The van der Waals surface area contributed by atoms with Crippen molar-refractivity contribution in [1.82, 2.24) is 0 Å². The number of alkyl halides is 2. The van der Waals surface area contributed by atoms with Crippen molar-refractivity contribution >= 4 is 5.78 Å².